The molecule has 0 aliphatic rings. The van der Waals surface area contributed by atoms with Crippen LogP contribution in [0.3, 0.4) is 0 Å². The van der Waals surface area contributed by atoms with Gasteiger partial charge in [-0.1, -0.05) is 23.7 Å². The minimum absolute atomic E-state index is 0.773. The highest BCUT2D eigenvalue weighted by atomic mass is 35.5. The smallest absolute Gasteiger partial charge is 0.0407 e. The number of hydrogen-bond acceptors (Lipinski definition) is 1. The van der Waals surface area contributed by atoms with Crippen LogP contribution in [0.4, 0.5) is 0 Å². The van der Waals surface area contributed by atoms with Crippen LogP contribution in [0.2, 0.25) is 5.02 Å². The van der Waals surface area contributed by atoms with Gasteiger partial charge in [0.15, 0.2) is 0 Å². The third-order valence-electron chi connectivity index (χ3n) is 1.47. The molecule has 2 radical (unpaired) electrons. The van der Waals surface area contributed by atoms with Crippen LogP contribution in [0.1, 0.15) is 5.56 Å². The van der Waals surface area contributed by atoms with E-state index in [9.17, 15) is 0 Å². The van der Waals surface area contributed by atoms with Crippen molar-refractivity contribution in [3.05, 3.63) is 41.9 Å². The van der Waals surface area contributed by atoms with Crippen LogP contribution in [0.5, 0.6) is 0 Å². The van der Waals surface area contributed by atoms with Gasteiger partial charge in [-0.15, -0.1) is 0 Å². The summed E-state index contributed by atoms with van der Waals surface area (Å²) in [6.07, 6.45) is 0.938. The van der Waals surface area contributed by atoms with E-state index in [0.717, 1.165) is 18.0 Å². The van der Waals surface area contributed by atoms with Crippen molar-refractivity contribution in [2.75, 3.05) is 6.54 Å². The monoisotopic (exact) mass is 167 g/mol. The lowest BCUT2D eigenvalue weighted by molar-refractivity contribution is 0.829. The molecule has 0 atom stereocenters. The normalized spacial score (nSPS) is 10.0. The van der Waals surface area contributed by atoms with E-state index in [4.69, 9.17) is 18.6 Å². The maximum atomic E-state index is 5.71. The molecule has 1 rings (SSSR count). The van der Waals surface area contributed by atoms with Crippen LogP contribution in [0.25, 0.3) is 0 Å². The molecule has 0 amide bonds. The second kappa shape index (κ2) is 4.37. The number of halogens is 1. The van der Waals surface area contributed by atoms with Gasteiger partial charge in [-0.05, 0) is 30.7 Å². The molecular weight excluding hydrogens is 158 g/mol. The summed E-state index contributed by atoms with van der Waals surface area (Å²) in [5, 5.41) is 3.37. The molecule has 1 aromatic rings. The summed E-state index contributed by atoms with van der Waals surface area (Å²) < 4.78 is 0. The molecule has 58 valence electrons. The van der Waals surface area contributed by atoms with E-state index in [1.807, 2.05) is 24.3 Å². The fraction of sp³-hybridized carbons (Fsp3) is 0.222. The predicted molar refractivity (Wildman–Crippen MR) is 47.5 cm³/mol. The lowest BCUT2D eigenvalue weighted by Gasteiger charge is -1.99. The van der Waals surface area contributed by atoms with Crippen molar-refractivity contribution in [1.82, 2.24) is 5.32 Å². The van der Waals surface area contributed by atoms with Crippen molar-refractivity contribution in [1.29, 1.82) is 0 Å². The summed E-state index contributed by atoms with van der Waals surface area (Å²) in [4.78, 5) is 0. The standard InChI is InChI=1S/C9H10ClN/c1-11-7-6-8-2-4-9(10)5-3-8/h1-5,11H,6-7H2. The Morgan fingerprint density at radius 2 is 1.91 bits per heavy atom. The Morgan fingerprint density at radius 3 is 2.45 bits per heavy atom. The van der Waals surface area contributed by atoms with Crippen molar-refractivity contribution >= 4 is 11.6 Å². The molecular formula is C9H10ClN. The summed E-state index contributed by atoms with van der Waals surface area (Å²) in [5.41, 5.74) is 1.24. The van der Waals surface area contributed by atoms with Gasteiger partial charge in [0.1, 0.15) is 0 Å². The predicted octanol–water partition coefficient (Wildman–Crippen LogP) is 2.14. The van der Waals surface area contributed by atoms with Gasteiger partial charge in [-0.2, -0.15) is 0 Å². The summed E-state index contributed by atoms with van der Waals surface area (Å²) in [5.74, 6) is 0. The highest BCUT2D eigenvalue weighted by Gasteiger charge is 1.90. The van der Waals surface area contributed by atoms with Gasteiger partial charge in [-0.25, -0.2) is 0 Å². The average molecular weight is 168 g/mol. The summed E-state index contributed by atoms with van der Waals surface area (Å²) in [6, 6.07) is 7.76. The SMILES string of the molecule is [CH]NCCc1ccc(Cl)cc1. The molecule has 0 saturated carbocycles. The van der Waals surface area contributed by atoms with E-state index in [-0.39, 0.29) is 0 Å². The van der Waals surface area contributed by atoms with E-state index in [1.54, 1.807) is 0 Å². The summed E-state index contributed by atoms with van der Waals surface area (Å²) >= 11 is 5.71. The first-order valence-corrected chi connectivity index (χ1v) is 3.88. The van der Waals surface area contributed by atoms with Crippen molar-refractivity contribution in [3.8, 4) is 0 Å². The Morgan fingerprint density at radius 1 is 1.27 bits per heavy atom. The number of nitrogens with one attached hydrogen (secondary N) is 1. The highest BCUT2D eigenvalue weighted by molar-refractivity contribution is 6.30. The summed E-state index contributed by atoms with van der Waals surface area (Å²) in [7, 11) is 5.13. The maximum absolute atomic E-state index is 5.71. The van der Waals surface area contributed by atoms with Gasteiger partial charge in [-0.3, -0.25) is 0 Å². The fourth-order valence-corrected chi connectivity index (χ4v) is 0.994. The van der Waals surface area contributed by atoms with Crippen LogP contribution in [0, 0.1) is 7.05 Å². The maximum Gasteiger partial charge on any atom is 0.0407 e. The molecule has 11 heavy (non-hydrogen) atoms. The Balaban J connectivity index is 2.52. The molecule has 0 bridgehead atoms. The molecule has 0 spiro atoms. The Labute approximate surface area is 72.4 Å². The molecule has 0 fully saturated rings. The number of benzene rings is 1. The van der Waals surface area contributed by atoms with Crippen LogP contribution < -0.4 is 5.32 Å². The van der Waals surface area contributed by atoms with Gasteiger partial charge >= 0.3 is 0 Å². The minimum atomic E-state index is 0.773. The van der Waals surface area contributed by atoms with E-state index in [0.29, 0.717) is 0 Å². The molecule has 0 aliphatic heterocycles. The molecule has 0 aliphatic carbocycles. The van der Waals surface area contributed by atoms with Crippen LogP contribution in [-0.2, 0) is 6.42 Å². The first-order valence-electron chi connectivity index (χ1n) is 3.51. The van der Waals surface area contributed by atoms with Gasteiger partial charge in [0, 0.05) is 12.1 Å². The second-order valence-electron chi connectivity index (χ2n) is 2.33. The van der Waals surface area contributed by atoms with Crippen molar-refractivity contribution in [2.45, 2.75) is 6.42 Å². The Hall–Kier alpha value is -0.530. The average Bonchev–Trinajstić information content (AvgIpc) is 2.04. The second-order valence-corrected chi connectivity index (χ2v) is 2.77. The van der Waals surface area contributed by atoms with Gasteiger partial charge in [0.05, 0.1) is 0 Å². The van der Waals surface area contributed by atoms with Crippen molar-refractivity contribution in [2.24, 2.45) is 0 Å². The topological polar surface area (TPSA) is 12.0 Å². The van der Waals surface area contributed by atoms with E-state index in [2.05, 4.69) is 5.32 Å². The van der Waals surface area contributed by atoms with Gasteiger partial charge in [0.2, 0.25) is 0 Å². The first kappa shape index (κ1) is 8.57. The van der Waals surface area contributed by atoms with E-state index >= 15 is 0 Å². The quantitative estimate of drug-likeness (QED) is 0.681. The zero-order valence-corrected chi connectivity index (χ0v) is 6.93. The van der Waals surface area contributed by atoms with Gasteiger partial charge in [0.25, 0.3) is 0 Å². The Kier molecular flexibility index (Phi) is 3.40. The molecule has 0 unspecified atom stereocenters. The first-order chi connectivity index (χ1) is 5.33. The highest BCUT2D eigenvalue weighted by Crippen LogP contribution is 2.09. The zero-order valence-electron chi connectivity index (χ0n) is 6.18. The lowest BCUT2D eigenvalue weighted by Crippen LogP contribution is -2.07. The lowest BCUT2D eigenvalue weighted by atomic mass is 10.1. The number of hydrogen-bond donors (Lipinski definition) is 1. The molecule has 0 aromatic heterocycles. The molecule has 1 aromatic carbocycles. The van der Waals surface area contributed by atoms with Crippen molar-refractivity contribution < 1.29 is 0 Å². The van der Waals surface area contributed by atoms with Crippen LogP contribution in [0.15, 0.2) is 24.3 Å². The van der Waals surface area contributed by atoms with E-state index < -0.39 is 0 Å². The summed E-state index contributed by atoms with van der Waals surface area (Å²) in [6.45, 7) is 0.793. The minimum Gasteiger partial charge on any atom is -0.311 e. The fourth-order valence-electron chi connectivity index (χ4n) is 0.868. The Bertz CT molecular complexity index is 205. The largest absolute Gasteiger partial charge is 0.311 e. The molecule has 0 saturated heterocycles. The van der Waals surface area contributed by atoms with Crippen LogP contribution in [-0.4, -0.2) is 6.54 Å². The van der Waals surface area contributed by atoms with E-state index in [1.165, 1.54) is 5.56 Å². The molecule has 2 heteroatoms. The zero-order chi connectivity index (χ0) is 8.10. The number of rotatable bonds is 3. The molecule has 1 N–H and O–H groups in total. The molecule has 1 nitrogen and oxygen atoms in total. The van der Waals surface area contributed by atoms with Crippen molar-refractivity contribution in [3.63, 3.8) is 0 Å². The third-order valence-corrected chi connectivity index (χ3v) is 1.72. The third kappa shape index (κ3) is 2.91. The van der Waals surface area contributed by atoms with Gasteiger partial charge < -0.3 is 5.32 Å². The van der Waals surface area contributed by atoms with Crippen LogP contribution >= 0.6 is 11.6 Å². The molecule has 0 heterocycles.